The average Bonchev–Trinajstić information content (AvgIpc) is 2.60. The van der Waals surface area contributed by atoms with E-state index in [1.54, 1.807) is 31.4 Å². The van der Waals surface area contributed by atoms with Crippen molar-refractivity contribution in [3.05, 3.63) is 29.8 Å². The second kappa shape index (κ2) is 8.80. The molecule has 1 heterocycles. The zero-order valence-corrected chi connectivity index (χ0v) is 14.7. The second-order valence-electron chi connectivity index (χ2n) is 6.35. The van der Waals surface area contributed by atoms with E-state index in [1.807, 2.05) is 18.7 Å². The number of nitrogens with one attached hydrogen (secondary N) is 1. The number of anilines is 1. The number of methoxy groups -OCH3 is 1. The molecule has 0 spiro atoms. The zero-order valence-electron chi connectivity index (χ0n) is 14.7. The van der Waals surface area contributed by atoms with Crippen LogP contribution in [0.4, 0.5) is 5.69 Å². The third kappa shape index (κ3) is 5.04. The molecule has 24 heavy (non-hydrogen) atoms. The maximum Gasteiger partial charge on any atom is 0.254 e. The fraction of sp³-hybridized carbons (Fsp3) is 0.556. The third-order valence-electron chi connectivity index (χ3n) is 4.17. The van der Waals surface area contributed by atoms with Gasteiger partial charge in [-0.1, -0.05) is 19.9 Å². The van der Waals surface area contributed by atoms with E-state index in [2.05, 4.69) is 10.2 Å². The highest BCUT2D eigenvalue weighted by Gasteiger charge is 2.22. The summed E-state index contributed by atoms with van der Waals surface area (Å²) in [6, 6.07) is 7.16. The topological polar surface area (TPSA) is 61.9 Å². The number of rotatable bonds is 6. The summed E-state index contributed by atoms with van der Waals surface area (Å²) in [6.07, 6.45) is 0. The van der Waals surface area contributed by atoms with Crippen LogP contribution in [0.15, 0.2) is 24.3 Å². The summed E-state index contributed by atoms with van der Waals surface area (Å²) in [5.74, 6) is -0.127. The lowest BCUT2D eigenvalue weighted by molar-refractivity contribution is -0.118. The first-order chi connectivity index (χ1) is 11.5. The summed E-state index contributed by atoms with van der Waals surface area (Å²) >= 11 is 0. The van der Waals surface area contributed by atoms with Crippen LogP contribution < -0.4 is 5.32 Å². The first kappa shape index (κ1) is 18.4. The van der Waals surface area contributed by atoms with Crippen LogP contribution >= 0.6 is 0 Å². The normalized spacial score (nSPS) is 15.6. The minimum Gasteiger partial charge on any atom is -0.383 e. The number of carbonyl (C=O) groups is 2. The lowest BCUT2D eigenvalue weighted by Crippen LogP contribution is -2.49. The molecule has 0 saturated carbocycles. The van der Waals surface area contributed by atoms with E-state index >= 15 is 0 Å². The molecule has 0 aliphatic carbocycles. The number of ether oxygens (including phenoxy) is 1. The van der Waals surface area contributed by atoms with Gasteiger partial charge in [0.25, 0.3) is 5.91 Å². The van der Waals surface area contributed by atoms with Crippen molar-refractivity contribution in [2.75, 3.05) is 51.8 Å². The molecule has 0 atom stereocenters. The van der Waals surface area contributed by atoms with Crippen molar-refractivity contribution in [2.24, 2.45) is 5.92 Å². The van der Waals surface area contributed by atoms with E-state index < -0.39 is 0 Å². The maximum absolute atomic E-state index is 12.7. The van der Waals surface area contributed by atoms with Gasteiger partial charge in [0.05, 0.1) is 6.61 Å². The Hall–Kier alpha value is -1.92. The van der Waals surface area contributed by atoms with Gasteiger partial charge in [0, 0.05) is 57.0 Å². The summed E-state index contributed by atoms with van der Waals surface area (Å²) in [4.78, 5) is 28.6. The lowest BCUT2D eigenvalue weighted by Gasteiger charge is -2.34. The predicted octanol–water partition coefficient (Wildman–Crippen LogP) is 1.69. The monoisotopic (exact) mass is 333 g/mol. The average molecular weight is 333 g/mol. The van der Waals surface area contributed by atoms with Crippen molar-refractivity contribution in [3.8, 4) is 0 Å². The second-order valence-corrected chi connectivity index (χ2v) is 6.35. The van der Waals surface area contributed by atoms with Crippen LogP contribution in [-0.2, 0) is 9.53 Å². The highest BCUT2D eigenvalue weighted by Crippen LogP contribution is 2.15. The fourth-order valence-corrected chi connectivity index (χ4v) is 2.59. The molecule has 1 aromatic carbocycles. The summed E-state index contributed by atoms with van der Waals surface area (Å²) in [7, 11) is 1.70. The van der Waals surface area contributed by atoms with Crippen molar-refractivity contribution < 1.29 is 14.3 Å². The largest absolute Gasteiger partial charge is 0.383 e. The molecule has 6 heteroatoms. The standard InChI is InChI=1S/C18H27N3O3/c1-14(2)17(22)19-16-6-4-5-15(13-16)18(23)21-9-7-20(8-10-21)11-12-24-3/h4-6,13-14H,7-12H2,1-3H3,(H,19,22). The predicted molar refractivity (Wildman–Crippen MR) is 94.1 cm³/mol. The van der Waals surface area contributed by atoms with Gasteiger partial charge in [0.2, 0.25) is 5.91 Å². The van der Waals surface area contributed by atoms with Gasteiger partial charge in [0.1, 0.15) is 0 Å². The molecular formula is C18H27N3O3. The molecule has 1 aliphatic rings. The van der Waals surface area contributed by atoms with Crippen molar-refractivity contribution in [1.82, 2.24) is 9.80 Å². The molecule has 0 unspecified atom stereocenters. The molecule has 1 aromatic rings. The third-order valence-corrected chi connectivity index (χ3v) is 4.17. The number of benzene rings is 1. The molecule has 0 bridgehead atoms. The summed E-state index contributed by atoms with van der Waals surface area (Å²) in [6.45, 7) is 8.44. The molecule has 1 N–H and O–H groups in total. The number of piperazine rings is 1. The van der Waals surface area contributed by atoms with Gasteiger partial charge in [-0.2, -0.15) is 0 Å². The van der Waals surface area contributed by atoms with E-state index in [9.17, 15) is 9.59 Å². The van der Waals surface area contributed by atoms with E-state index in [-0.39, 0.29) is 17.7 Å². The maximum atomic E-state index is 12.7. The summed E-state index contributed by atoms with van der Waals surface area (Å²) in [5.41, 5.74) is 1.28. The Morgan fingerprint density at radius 3 is 2.54 bits per heavy atom. The lowest BCUT2D eigenvalue weighted by atomic mass is 10.1. The first-order valence-electron chi connectivity index (χ1n) is 8.42. The Labute approximate surface area is 143 Å². The first-order valence-corrected chi connectivity index (χ1v) is 8.42. The Morgan fingerprint density at radius 1 is 1.21 bits per heavy atom. The number of carbonyl (C=O) groups excluding carboxylic acids is 2. The molecule has 1 fully saturated rings. The highest BCUT2D eigenvalue weighted by atomic mass is 16.5. The Balaban J connectivity index is 1.94. The van der Waals surface area contributed by atoms with Crippen LogP contribution in [0, 0.1) is 5.92 Å². The molecule has 1 aliphatic heterocycles. The number of hydrogen-bond acceptors (Lipinski definition) is 4. The molecule has 2 amide bonds. The van der Waals surface area contributed by atoms with E-state index in [1.165, 1.54) is 0 Å². The van der Waals surface area contributed by atoms with Crippen LogP contribution in [0.3, 0.4) is 0 Å². The zero-order chi connectivity index (χ0) is 17.5. The van der Waals surface area contributed by atoms with Gasteiger partial charge in [-0.25, -0.2) is 0 Å². The SMILES string of the molecule is COCCN1CCN(C(=O)c2cccc(NC(=O)C(C)C)c2)CC1. The van der Waals surface area contributed by atoms with Gasteiger partial charge < -0.3 is 15.0 Å². The quantitative estimate of drug-likeness (QED) is 0.860. The number of nitrogens with zero attached hydrogens (tertiary/aromatic N) is 2. The summed E-state index contributed by atoms with van der Waals surface area (Å²) in [5, 5.41) is 2.84. The molecular weight excluding hydrogens is 306 g/mol. The smallest absolute Gasteiger partial charge is 0.254 e. The van der Waals surface area contributed by atoms with Crippen LogP contribution in [-0.4, -0.2) is 68.1 Å². The van der Waals surface area contributed by atoms with Crippen LogP contribution in [0.25, 0.3) is 0 Å². The van der Waals surface area contributed by atoms with Gasteiger partial charge >= 0.3 is 0 Å². The van der Waals surface area contributed by atoms with E-state index in [0.29, 0.717) is 30.9 Å². The van der Waals surface area contributed by atoms with Crippen molar-refractivity contribution in [3.63, 3.8) is 0 Å². The van der Waals surface area contributed by atoms with Crippen LogP contribution in [0.1, 0.15) is 24.2 Å². The molecule has 2 rings (SSSR count). The molecule has 1 saturated heterocycles. The van der Waals surface area contributed by atoms with Gasteiger partial charge in [-0.3, -0.25) is 14.5 Å². The molecule has 0 radical (unpaired) electrons. The highest BCUT2D eigenvalue weighted by molar-refractivity contribution is 5.97. The van der Waals surface area contributed by atoms with Gasteiger partial charge in [0.15, 0.2) is 0 Å². The molecule has 0 aromatic heterocycles. The molecule has 132 valence electrons. The number of amides is 2. The molecule has 6 nitrogen and oxygen atoms in total. The van der Waals surface area contributed by atoms with Crippen LogP contribution in [0.5, 0.6) is 0 Å². The van der Waals surface area contributed by atoms with Gasteiger partial charge in [-0.15, -0.1) is 0 Å². The summed E-state index contributed by atoms with van der Waals surface area (Å²) < 4.78 is 5.09. The number of hydrogen-bond donors (Lipinski definition) is 1. The Morgan fingerprint density at radius 2 is 1.92 bits per heavy atom. The van der Waals surface area contributed by atoms with Crippen molar-refractivity contribution >= 4 is 17.5 Å². The Kier molecular flexibility index (Phi) is 6.75. The van der Waals surface area contributed by atoms with Crippen molar-refractivity contribution in [2.45, 2.75) is 13.8 Å². The minimum absolute atomic E-state index is 0.0158. The van der Waals surface area contributed by atoms with E-state index in [0.717, 1.165) is 19.6 Å². The minimum atomic E-state index is -0.0930. The fourth-order valence-electron chi connectivity index (χ4n) is 2.59. The van der Waals surface area contributed by atoms with Crippen molar-refractivity contribution in [1.29, 1.82) is 0 Å². The Bertz CT molecular complexity index is 566. The van der Waals surface area contributed by atoms with E-state index in [4.69, 9.17) is 4.74 Å². The van der Waals surface area contributed by atoms with Crippen LogP contribution in [0.2, 0.25) is 0 Å². The van der Waals surface area contributed by atoms with Gasteiger partial charge in [-0.05, 0) is 18.2 Å².